The summed E-state index contributed by atoms with van der Waals surface area (Å²) in [7, 11) is 0. The van der Waals surface area contributed by atoms with Gasteiger partial charge in [-0.15, -0.1) is 0 Å². The van der Waals surface area contributed by atoms with Gasteiger partial charge in [0.05, 0.1) is 11.1 Å². The van der Waals surface area contributed by atoms with Gasteiger partial charge in [-0.25, -0.2) is 0 Å². The monoisotopic (exact) mass is 274 g/mol. The van der Waals surface area contributed by atoms with Crippen molar-refractivity contribution >= 4 is 16.8 Å². The van der Waals surface area contributed by atoms with Crippen LogP contribution in [0.5, 0.6) is 0 Å². The zero-order valence-electron chi connectivity index (χ0n) is 12.1. The normalized spacial score (nSPS) is 11.8. The van der Waals surface area contributed by atoms with Crippen LogP contribution >= 0.6 is 0 Å². The summed E-state index contributed by atoms with van der Waals surface area (Å²) in [4.78, 5) is 15.3. The number of carbonyl (C=O) groups is 1. The average Bonchev–Trinajstić information content (AvgIpc) is 2.91. The number of rotatable bonds is 6. The minimum Gasteiger partial charge on any atom is -0.396 e. The van der Waals surface area contributed by atoms with Gasteiger partial charge in [0.1, 0.15) is 0 Å². The zero-order chi connectivity index (χ0) is 14.6. The number of carbonyl (C=O) groups excluding carboxylic acids is 1. The van der Waals surface area contributed by atoms with E-state index in [2.05, 4.69) is 10.3 Å². The molecule has 0 bridgehead atoms. The van der Waals surface area contributed by atoms with Gasteiger partial charge < -0.3 is 15.4 Å². The van der Waals surface area contributed by atoms with Crippen LogP contribution in [0.2, 0.25) is 0 Å². The maximum absolute atomic E-state index is 12.2. The molecule has 0 unspecified atom stereocenters. The highest BCUT2D eigenvalue weighted by Crippen LogP contribution is 2.20. The van der Waals surface area contributed by atoms with Gasteiger partial charge in [0.25, 0.3) is 5.91 Å². The van der Waals surface area contributed by atoms with Crippen molar-refractivity contribution < 1.29 is 9.90 Å². The second-order valence-electron chi connectivity index (χ2n) is 5.93. The van der Waals surface area contributed by atoms with Crippen LogP contribution in [0.25, 0.3) is 10.9 Å². The highest BCUT2D eigenvalue weighted by Gasteiger charge is 2.16. The molecule has 0 saturated heterocycles. The molecule has 1 aromatic heterocycles. The standard InChI is InChI=1S/C16H22N2O2/c1-16(2,11-19)8-4-9-18-15(20)13-6-3-5-12-7-10-17-14(12)13/h3,5-7,10,17,19H,4,8-9,11H2,1-2H3,(H,18,20). The molecule has 108 valence electrons. The van der Waals surface area contributed by atoms with Crippen molar-refractivity contribution in [3.05, 3.63) is 36.0 Å². The molecular formula is C16H22N2O2. The minimum atomic E-state index is -0.0792. The molecule has 2 rings (SSSR count). The van der Waals surface area contributed by atoms with Crippen molar-refractivity contribution in [2.75, 3.05) is 13.2 Å². The lowest BCUT2D eigenvalue weighted by Crippen LogP contribution is -2.26. The summed E-state index contributed by atoms with van der Waals surface area (Å²) in [6, 6.07) is 7.65. The van der Waals surface area contributed by atoms with Crippen LogP contribution in [0.1, 0.15) is 37.0 Å². The zero-order valence-corrected chi connectivity index (χ0v) is 12.1. The van der Waals surface area contributed by atoms with Crippen LogP contribution in [-0.2, 0) is 0 Å². The Morgan fingerprint density at radius 2 is 2.15 bits per heavy atom. The second kappa shape index (κ2) is 6.09. The van der Waals surface area contributed by atoms with Crippen LogP contribution in [-0.4, -0.2) is 29.1 Å². The molecule has 3 N–H and O–H groups in total. The van der Waals surface area contributed by atoms with Gasteiger partial charge in [-0.1, -0.05) is 26.0 Å². The Kier molecular flexibility index (Phi) is 4.45. The van der Waals surface area contributed by atoms with Crippen LogP contribution in [0.3, 0.4) is 0 Å². The third-order valence-corrected chi connectivity index (χ3v) is 3.58. The van der Waals surface area contributed by atoms with E-state index in [9.17, 15) is 9.90 Å². The number of fused-ring (bicyclic) bond motifs is 1. The minimum absolute atomic E-state index is 0.0557. The van der Waals surface area contributed by atoms with Crippen LogP contribution in [0.4, 0.5) is 0 Å². The quantitative estimate of drug-likeness (QED) is 0.709. The number of para-hydroxylation sites is 1. The SMILES string of the molecule is CC(C)(CO)CCCNC(=O)c1cccc2cc[nH]c12. The second-order valence-corrected chi connectivity index (χ2v) is 5.93. The van der Waals surface area contributed by atoms with Crippen LogP contribution < -0.4 is 5.32 Å². The van der Waals surface area contributed by atoms with Gasteiger partial charge in [0.2, 0.25) is 0 Å². The topological polar surface area (TPSA) is 65.1 Å². The predicted molar refractivity (Wildman–Crippen MR) is 80.7 cm³/mol. The average molecular weight is 274 g/mol. The fraction of sp³-hybridized carbons (Fsp3) is 0.438. The summed E-state index contributed by atoms with van der Waals surface area (Å²) in [6.45, 7) is 4.84. The number of aliphatic hydroxyl groups excluding tert-OH is 1. The number of aromatic amines is 1. The van der Waals surface area contributed by atoms with Gasteiger partial charge >= 0.3 is 0 Å². The van der Waals surface area contributed by atoms with Crippen molar-refractivity contribution in [1.82, 2.24) is 10.3 Å². The molecule has 0 radical (unpaired) electrons. The summed E-state index contributed by atoms with van der Waals surface area (Å²) in [5.74, 6) is -0.0557. The van der Waals surface area contributed by atoms with Crippen molar-refractivity contribution in [1.29, 1.82) is 0 Å². The molecule has 0 fully saturated rings. The van der Waals surface area contributed by atoms with E-state index in [4.69, 9.17) is 0 Å². The largest absolute Gasteiger partial charge is 0.396 e. The Morgan fingerprint density at radius 3 is 2.90 bits per heavy atom. The lowest BCUT2D eigenvalue weighted by Gasteiger charge is -2.21. The van der Waals surface area contributed by atoms with E-state index < -0.39 is 0 Å². The lowest BCUT2D eigenvalue weighted by atomic mass is 9.89. The molecule has 0 aliphatic carbocycles. The molecular weight excluding hydrogens is 252 g/mol. The van der Waals surface area contributed by atoms with E-state index >= 15 is 0 Å². The maximum atomic E-state index is 12.2. The summed E-state index contributed by atoms with van der Waals surface area (Å²) in [6.07, 6.45) is 3.59. The molecule has 0 saturated carbocycles. The molecule has 0 aliphatic heterocycles. The Labute approximate surface area is 119 Å². The van der Waals surface area contributed by atoms with E-state index in [1.807, 2.05) is 44.3 Å². The smallest absolute Gasteiger partial charge is 0.253 e. The third kappa shape index (κ3) is 3.39. The maximum Gasteiger partial charge on any atom is 0.253 e. The molecule has 1 heterocycles. The molecule has 20 heavy (non-hydrogen) atoms. The molecule has 1 amide bonds. The number of aromatic nitrogens is 1. The van der Waals surface area contributed by atoms with E-state index in [1.165, 1.54) is 0 Å². The predicted octanol–water partition coefficient (Wildman–Crippen LogP) is 2.70. The van der Waals surface area contributed by atoms with Crippen LogP contribution in [0.15, 0.2) is 30.5 Å². The van der Waals surface area contributed by atoms with E-state index in [0.717, 1.165) is 23.7 Å². The van der Waals surface area contributed by atoms with Gasteiger partial charge in [-0.2, -0.15) is 0 Å². The van der Waals surface area contributed by atoms with Crippen molar-refractivity contribution in [2.24, 2.45) is 5.41 Å². The molecule has 4 nitrogen and oxygen atoms in total. The first-order valence-corrected chi connectivity index (χ1v) is 6.99. The Balaban J connectivity index is 1.91. The molecule has 0 spiro atoms. The summed E-state index contributed by atoms with van der Waals surface area (Å²) < 4.78 is 0. The fourth-order valence-electron chi connectivity index (χ4n) is 2.22. The van der Waals surface area contributed by atoms with E-state index in [1.54, 1.807) is 0 Å². The molecule has 2 aromatic rings. The summed E-state index contributed by atoms with van der Waals surface area (Å²) >= 11 is 0. The Hall–Kier alpha value is -1.81. The fourth-order valence-corrected chi connectivity index (χ4v) is 2.22. The first-order valence-electron chi connectivity index (χ1n) is 6.99. The Morgan fingerprint density at radius 1 is 1.35 bits per heavy atom. The van der Waals surface area contributed by atoms with Crippen molar-refractivity contribution in [3.63, 3.8) is 0 Å². The number of hydrogen-bond acceptors (Lipinski definition) is 2. The number of nitrogens with one attached hydrogen (secondary N) is 2. The van der Waals surface area contributed by atoms with Crippen LogP contribution in [0, 0.1) is 5.41 Å². The summed E-state index contributed by atoms with van der Waals surface area (Å²) in [5.41, 5.74) is 1.47. The molecule has 4 heteroatoms. The molecule has 1 aromatic carbocycles. The summed E-state index contributed by atoms with van der Waals surface area (Å²) in [5, 5.41) is 13.2. The van der Waals surface area contributed by atoms with E-state index in [0.29, 0.717) is 12.1 Å². The number of H-pyrrole nitrogens is 1. The molecule has 0 atom stereocenters. The first kappa shape index (κ1) is 14.6. The van der Waals surface area contributed by atoms with Crippen molar-refractivity contribution in [2.45, 2.75) is 26.7 Å². The number of hydrogen-bond donors (Lipinski definition) is 3. The number of amides is 1. The van der Waals surface area contributed by atoms with E-state index in [-0.39, 0.29) is 17.9 Å². The van der Waals surface area contributed by atoms with Gasteiger partial charge in [0, 0.05) is 24.7 Å². The van der Waals surface area contributed by atoms with Gasteiger partial charge in [-0.05, 0) is 30.4 Å². The third-order valence-electron chi connectivity index (χ3n) is 3.58. The Bertz CT molecular complexity index is 587. The highest BCUT2D eigenvalue weighted by molar-refractivity contribution is 6.05. The number of aliphatic hydroxyl groups is 1. The van der Waals surface area contributed by atoms with Gasteiger partial charge in [0.15, 0.2) is 0 Å². The highest BCUT2D eigenvalue weighted by atomic mass is 16.3. The number of benzene rings is 1. The van der Waals surface area contributed by atoms with Crippen molar-refractivity contribution in [3.8, 4) is 0 Å². The first-order chi connectivity index (χ1) is 9.53. The lowest BCUT2D eigenvalue weighted by molar-refractivity contribution is 0.0950. The van der Waals surface area contributed by atoms with Gasteiger partial charge in [-0.3, -0.25) is 4.79 Å². The molecule has 0 aliphatic rings.